The van der Waals surface area contributed by atoms with Crippen LogP contribution in [0.1, 0.15) is 49.4 Å². The van der Waals surface area contributed by atoms with Crippen LogP contribution in [0.3, 0.4) is 0 Å². The summed E-state index contributed by atoms with van der Waals surface area (Å²) in [5.74, 6) is 0.148. The van der Waals surface area contributed by atoms with Gasteiger partial charge in [0.2, 0.25) is 0 Å². The Kier molecular flexibility index (Phi) is 4.47. The van der Waals surface area contributed by atoms with Crippen LogP contribution in [-0.4, -0.2) is 24.6 Å². The van der Waals surface area contributed by atoms with Crippen molar-refractivity contribution in [2.75, 3.05) is 24.7 Å². The van der Waals surface area contributed by atoms with E-state index in [9.17, 15) is 4.79 Å². The molecule has 0 spiro atoms. The predicted molar refractivity (Wildman–Crippen MR) is 79.7 cm³/mol. The third-order valence-electron chi connectivity index (χ3n) is 4.36. The van der Waals surface area contributed by atoms with Crippen LogP contribution < -0.4 is 11.1 Å². The summed E-state index contributed by atoms with van der Waals surface area (Å²) in [5.41, 5.74) is 6.88. The molecule has 0 radical (unpaired) electrons. The lowest BCUT2D eigenvalue weighted by molar-refractivity contribution is 0.0601. The summed E-state index contributed by atoms with van der Waals surface area (Å²) in [5, 5.41) is 3.32. The zero-order chi connectivity index (χ0) is 14.6. The number of anilines is 2. The quantitative estimate of drug-likeness (QED) is 0.809. The van der Waals surface area contributed by atoms with Crippen molar-refractivity contribution in [3.05, 3.63) is 17.8 Å². The van der Waals surface area contributed by atoms with Crippen molar-refractivity contribution < 1.29 is 9.53 Å². The zero-order valence-electron chi connectivity index (χ0n) is 12.2. The van der Waals surface area contributed by atoms with Gasteiger partial charge in [-0.2, -0.15) is 0 Å². The summed E-state index contributed by atoms with van der Waals surface area (Å²) in [6, 6.07) is 1.61. The third-order valence-corrected chi connectivity index (χ3v) is 4.36. The minimum absolute atomic E-state index is 0.330. The van der Waals surface area contributed by atoms with Gasteiger partial charge in [-0.25, -0.2) is 9.78 Å². The smallest absolute Gasteiger partial charge is 0.341 e. The molecule has 3 N–H and O–H groups in total. The van der Waals surface area contributed by atoms with E-state index in [1.54, 1.807) is 12.3 Å². The summed E-state index contributed by atoms with van der Waals surface area (Å²) in [4.78, 5) is 16.0. The maximum absolute atomic E-state index is 11.8. The summed E-state index contributed by atoms with van der Waals surface area (Å²) in [6.07, 6.45) is 7.74. The molecular formula is C15H23N3O2. The number of nitrogens with one attached hydrogen (secondary N) is 1. The second-order valence-corrected chi connectivity index (χ2v) is 5.57. The lowest BCUT2D eigenvalue weighted by Crippen LogP contribution is -2.27. The lowest BCUT2D eigenvalue weighted by atomic mass is 9.83. The fraction of sp³-hybridized carbons (Fsp3) is 0.600. The first kappa shape index (κ1) is 14.6. The molecule has 0 atom stereocenters. The lowest BCUT2D eigenvalue weighted by Gasteiger charge is -2.28. The van der Waals surface area contributed by atoms with Crippen molar-refractivity contribution in [3.63, 3.8) is 0 Å². The largest absolute Gasteiger partial charge is 0.465 e. The molecular weight excluding hydrogens is 254 g/mol. The number of aromatic nitrogens is 1. The summed E-state index contributed by atoms with van der Waals surface area (Å²) >= 11 is 0. The van der Waals surface area contributed by atoms with Gasteiger partial charge in [0.15, 0.2) is 0 Å². The van der Waals surface area contributed by atoms with Crippen LogP contribution in [0.15, 0.2) is 12.3 Å². The summed E-state index contributed by atoms with van der Waals surface area (Å²) < 4.78 is 4.78. The topological polar surface area (TPSA) is 77.2 Å². The van der Waals surface area contributed by atoms with Crippen LogP contribution >= 0.6 is 0 Å². The number of ether oxygens (including phenoxy) is 1. The number of nitrogen functional groups attached to an aromatic ring is 1. The van der Waals surface area contributed by atoms with Gasteiger partial charge in [-0.3, -0.25) is 0 Å². The molecule has 1 aromatic rings. The van der Waals surface area contributed by atoms with E-state index in [4.69, 9.17) is 10.5 Å². The standard InChI is InChI=1S/C15H23N3O2/c1-3-15(6-4-5-7-15)10-18-13-12(14(19)20-2)8-11(16)9-17-13/h8-9H,3-7,10,16H2,1-2H3,(H,17,18). The summed E-state index contributed by atoms with van der Waals surface area (Å²) in [7, 11) is 1.36. The van der Waals surface area contributed by atoms with E-state index in [1.807, 2.05) is 0 Å². The van der Waals surface area contributed by atoms with Crippen molar-refractivity contribution in [2.24, 2.45) is 5.41 Å². The van der Waals surface area contributed by atoms with Crippen LogP contribution in [0.4, 0.5) is 11.5 Å². The number of pyridine rings is 1. The van der Waals surface area contributed by atoms with Crippen molar-refractivity contribution in [2.45, 2.75) is 39.0 Å². The van der Waals surface area contributed by atoms with E-state index >= 15 is 0 Å². The number of carbonyl (C=O) groups is 1. The van der Waals surface area contributed by atoms with Gasteiger partial charge >= 0.3 is 5.97 Å². The molecule has 5 heteroatoms. The molecule has 0 amide bonds. The van der Waals surface area contributed by atoms with E-state index < -0.39 is 5.97 Å². The molecule has 1 aromatic heterocycles. The number of hydrogen-bond acceptors (Lipinski definition) is 5. The molecule has 0 aromatic carbocycles. The van der Waals surface area contributed by atoms with Crippen molar-refractivity contribution in [1.82, 2.24) is 4.98 Å². The van der Waals surface area contributed by atoms with Crippen molar-refractivity contribution in [1.29, 1.82) is 0 Å². The number of carbonyl (C=O) groups excluding carboxylic acids is 1. The van der Waals surface area contributed by atoms with Crippen LogP contribution in [-0.2, 0) is 4.74 Å². The number of esters is 1. The maximum atomic E-state index is 11.8. The molecule has 1 fully saturated rings. The Labute approximate surface area is 119 Å². The van der Waals surface area contributed by atoms with Gasteiger partial charge in [-0.15, -0.1) is 0 Å². The average molecular weight is 277 g/mol. The zero-order valence-corrected chi connectivity index (χ0v) is 12.2. The molecule has 0 unspecified atom stereocenters. The first-order chi connectivity index (χ1) is 9.60. The molecule has 0 aliphatic heterocycles. The van der Waals surface area contributed by atoms with Gasteiger partial charge in [0, 0.05) is 6.54 Å². The monoisotopic (exact) mass is 277 g/mol. The highest BCUT2D eigenvalue weighted by Gasteiger charge is 2.32. The van der Waals surface area contributed by atoms with E-state index in [0.717, 1.165) is 13.0 Å². The fourth-order valence-electron chi connectivity index (χ4n) is 2.94. The Morgan fingerprint density at radius 2 is 2.20 bits per heavy atom. The number of hydrogen-bond donors (Lipinski definition) is 2. The molecule has 5 nitrogen and oxygen atoms in total. The van der Waals surface area contributed by atoms with Gasteiger partial charge in [-0.1, -0.05) is 19.8 Å². The van der Waals surface area contributed by atoms with E-state index in [2.05, 4.69) is 17.2 Å². The first-order valence-electron chi connectivity index (χ1n) is 7.18. The van der Waals surface area contributed by atoms with Gasteiger partial charge in [0.05, 0.1) is 19.0 Å². The highest BCUT2D eigenvalue weighted by Crippen LogP contribution is 2.41. The van der Waals surface area contributed by atoms with Crippen LogP contribution in [0.5, 0.6) is 0 Å². The van der Waals surface area contributed by atoms with Crippen LogP contribution in [0.25, 0.3) is 0 Å². The second-order valence-electron chi connectivity index (χ2n) is 5.57. The Morgan fingerprint density at radius 3 is 2.80 bits per heavy atom. The molecule has 1 heterocycles. The molecule has 0 saturated heterocycles. The average Bonchev–Trinajstić information content (AvgIpc) is 2.94. The Balaban J connectivity index is 2.14. The number of methoxy groups -OCH3 is 1. The molecule has 2 rings (SSSR count). The Bertz CT molecular complexity index is 482. The predicted octanol–water partition coefficient (Wildman–Crippen LogP) is 2.83. The van der Waals surface area contributed by atoms with Gasteiger partial charge in [0.25, 0.3) is 0 Å². The molecule has 110 valence electrons. The first-order valence-corrected chi connectivity index (χ1v) is 7.18. The number of nitrogens with two attached hydrogens (primary N) is 1. The van der Waals surface area contributed by atoms with E-state index in [-0.39, 0.29) is 0 Å². The van der Waals surface area contributed by atoms with Crippen molar-refractivity contribution >= 4 is 17.5 Å². The number of nitrogens with zero attached hydrogens (tertiary/aromatic N) is 1. The van der Waals surface area contributed by atoms with Crippen molar-refractivity contribution in [3.8, 4) is 0 Å². The highest BCUT2D eigenvalue weighted by molar-refractivity contribution is 5.95. The highest BCUT2D eigenvalue weighted by atomic mass is 16.5. The minimum Gasteiger partial charge on any atom is -0.465 e. The van der Waals surface area contributed by atoms with Crippen LogP contribution in [0, 0.1) is 5.41 Å². The van der Waals surface area contributed by atoms with Gasteiger partial charge in [-0.05, 0) is 30.7 Å². The molecule has 0 bridgehead atoms. The SMILES string of the molecule is CCC1(CNc2ncc(N)cc2C(=O)OC)CCCC1. The number of rotatable bonds is 5. The Morgan fingerprint density at radius 1 is 1.50 bits per heavy atom. The normalized spacial score (nSPS) is 16.9. The summed E-state index contributed by atoms with van der Waals surface area (Å²) in [6.45, 7) is 3.06. The molecule has 1 saturated carbocycles. The third kappa shape index (κ3) is 3.03. The maximum Gasteiger partial charge on any atom is 0.341 e. The van der Waals surface area contributed by atoms with Crippen LogP contribution in [0.2, 0.25) is 0 Å². The second kappa shape index (κ2) is 6.11. The van der Waals surface area contributed by atoms with Gasteiger partial charge < -0.3 is 15.8 Å². The Hall–Kier alpha value is -1.78. The van der Waals surface area contributed by atoms with E-state index in [1.165, 1.54) is 32.8 Å². The molecule has 1 aliphatic carbocycles. The van der Waals surface area contributed by atoms with Gasteiger partial charge in [0.1, 0.15) is 11.4 Å². The minimum atomic E-state index is -0.413. The molecule has 20 heavy (non-hydrogen) atoms. The fourth-order valence-corrected chi connectivity index (χ4v) is 2.94. The van der Waals surface area contributed by atoms with E-state index in [0.29, 0.717) is 22.5 Å². The molecule has 1 aliphatic rings.